The standard InChI is InChI=1S/C21H31ClN4O2.HI/c1-23-21(24-13-19(28-2)16-8-5-9-17(22)12-16)25-18-10-11-26(14-18)20(27)15-6-3-4-7-15;/h5,8-9,12,15,18-19H,3-4,6-7,10-11,13-14H2,1-2H3,(H2,23,24,25);1H. The van der Waals surface area contributed by atoms with Crippen LogP contribution in [0.1, 0.15) is 43.8 Å². The van der Waals surface area contributed by atoms with Crippen LogP contribution in [0.4, 0.5) is 0 Å². The normalized spacial score (nSPS) is 21.0. The van der Waals surface area contributed by atoms with Gasteiger partial charge in [-0.15, -0.1) is 24.0 Å². The van der Waals surface area contributed by atoms with Crippen molar-refractivity contribution >= 4 is 47.4 Å². The fourth-order valence-corrected chi connectivity index (χ4v) is 4.33. The molecular weight excluding hydrogens is 503 g/mol. The van der Waals surface area contributed by atoms with E-state index >= 15 is 0 Å². The van der Waals surface area contributed by atoms with Gasteiger partial charge in [0.15, 0.2) is 5.96 Å². The molecule has 3 rings (SSSR count). The van der Waals surface area contributed by atoms with E-state index in [1.54, 1.807) is 14.2 Å². The minimum atomic E-state index is -0.124. The van der Waals surface area contributed by atoms with Crippen LogP contribution >= 0.6 is 35.6 Å². The van der Waals surface area contributed by atoms with Crippen LogP contribution in [0.15, 0.2) is 29.3 Å². The third-order valence-corrected chi connectivity index (χ3v) is 5.96. The lowest BCUT2D eigenvalue weighted by atomic mass is 10.1. The van der Waals surface area contributed by atoms with Crippen LogP contribution in [0.5, 0.6) is 0 Å². The fourth-order valence-electron chi connectivity index (χ4n) is 4.13. The predicted octanol–water partition coefficient (Wildman–Crippen LogP) is 3.60. The highest BCUT2D eigenvalue weighted by molar-refractivity contribution is 14.0. The van der Waals surface area contributed by atoms with Gasteiger partial charge in [-0.1, -0.05) is 36.6 Å². The number of benzene rings is 1. The second kappa shape index (κ2) is 12.0. The quantitative estimate of drug-likeness (QED) is 0.333. The molecule has 1 aromatic rings. The number of amides is 1. The van der Waals surface area contributed by atoms with Crippen molar-refractivity contribution in [3.8, 4) is 0 Å². The fraction of sp³-hybridized carbons (Fsp3) is 0.619. The summed E-state index contributed by atoms with van der Waals surface area (Å²) in [6.07, 6.45) is 5.31. The minimum Gasteiger partial charge on any atom is -0.375 e. The number of nitrogens with one attached hydrogen (secondary N) is 2. The molecule has 2 atom stereocenters. The lowest BCUT2D eigenvalue weighted by molar-refractivity contribution is -0.134. The van der Waals surface area contributed by atoms with E-state index in [2.05, 4.69) is 15.6 Å². The molecule has 2 fully saturated rings. The van der Waals surface area contributed by atoms with Gasteiger partial charge in [0.2, 0.25) is 5.91 Å². The van der Waals surface area contributed by atoms with Crippen molar-refractivity contribution < 1.29 is 9.53 Å². The lowest BCUT2D eigenvalue weighted by Gasteiger charge is -2.22. The molecule has 29 heavy (non-hydrogen) atoms. The van der Waals surface area contributed by atoms with E-state index in [-0.39, 0.29) is 42.0 Å². The first-order valence-electron chi connectivity index (χ1n) is 10.1. The van der Waals surface area contributed by atoms with E-state index < -0.39 is 0 Å². The maximum absolute atomic E-state index is 12.6. The number of carbonyl (C=O) groups is 1. The molecule has 2 aliphatic rings. The molecule has 0 bridgehead atoms. The van der Waals surface area contributed by atoms with Crippen LogP contribution in [0.2, 0.25) is 5.02 Å². The molecule has 0 radical (unpaired) electrons. The number of aliphatic imine (C=N–C) groups is 1. The number of halogens is 2. The minimum absolute atomic E-state index is 0. The van der Waals surface area contributed by atoms with E-state index in [1.165, 1.54) is 12.8 Å². The van der Waals surface area contributed by atoms with Gasteiger partial charge in [0.05, 0.1) is 6.10 Å². The largest absolute Gasteiger partial charge is 0.375 e. The molecule has 8 heteroatoms. The summed E-state index contributed by atoms with van der Waals surface area (Å²) >= 11 is 6.09. The predicted molar refractivity (Wildman–Crippen MR) is 128 cm³/mol. The smallest absolute Gasteiger partial charge is 0.225 e. The highest BCUT2D eigenvalue weighted by Gasteiger charge is 2.32. The Bertz CT molecular complexity index is 697. The Labute approximate surface area is 195 Å². The van der Waals surface area contributed by atoms with Gasteiger partial charge < -0.3 is 20.3 Å². The maximum atomic E-state index is 12.6. The monoisotopic (exact) mass is 534 g/mol. The molecule has 1 aromatic carbocycles. The van der Waals surface area contributed by atoms with Gasteiger partial charge in [-0.3, -0.25) is 9.79 Å². The summed E-state index contributed by atoms with van der Waals surface area (Å²) in [6, 6.07) is 7.91. The summed E-state index contributed by atoms with van der Waals surface area (Å²) in [5, 5.41) is 7.47. The van der Waals surface area contributed by atoms with Crippen molar-refractivity contribution in [2.45, 2.75) is 44.2 Å². The first kappa shape index (κ1) is 24.2. The first-order chi connectivity index (χ1) is 13.6. The van der Waals surface area contributed by atoms with Crippen LogP contribution < -0.4 is 10.6 Å². The number of carbonyl (C=O) groups excluding carboxylic acids is 1. The van der Waals surface area contributed by atoms with Gasteiger partial charge >= 0.3 is 0 Å². The number of hydrogen-bond donors (Lipinski definition) is 2. The molecule has 1 amide bonds. The van der Waals surface area contributed by atoms with E-state index in [1.807, 2.05) is 29.2 Å². The number of nitrogens with zero attached hydrogens (tertiary/aromatic N) is 2. The molecule has 1 aliphatic carbocycles. The summed E-state index contributed by atoms with van der Waals surface area (Å²) in [6.45, 7) is 2.15. The zero-order valence-corrected chi connectivity index (χ0v) is 20.3. The van der Waals surface area contributed by atoms with Crippen molar-refractivity contribution in [2.75, 3.05) is 33.8 Å². The first-order valence-corrected chi connectivity index (χ1v) is 10.5. The summed E-state index contributed by atoms with van der Waals surface area (Å²) in [5.41, 5.74) is 1.02. The summed E-state index contributed by atoms with van der Waals surface area (Å²) in [4.78, 5) is 19.0. The van der Waals surface area contributed by atoms with Gasteiger partial charge in [-0.25, -0.2) is 0 Å². The second-order valence-corrected chi connectivity index (χ2v) is 8.06. The van der Waals surface area contributed by atoms with Crippen molar-refractivity contribution in [1.29, 1.82) is 0 Å². The molecule has 6 nitrogen and oxygen atoms in total. The van der Waals surface area contributed by atoms with Gasteiger partial charge in [0.1, 0.15) is 0 Å². The van der Waals surface area contributed by atoms with Crippen molar-refractivity contribution in [2.24, 2.45) is 10.9 Å². The van der Waals surface area contributed by atoms with Crippen LogP contribution in [-0.2, 0) is 9.53 Å². The van der Waals surface area contributed by atoms with Crippen molar-refractivity contribution in [3.05, 3.63) is 34.9 Å². The van der Waals surface area contributed by atoms with E-state index in [0.29, 0.717) is 17.5 Å². The number of hydrogen-bond acceptors (Lipinski definition) is 3. The van der Waals surface area contributed by atoms with Gasteiger partial charge in [0, 0.05) is 50.8 Å². The second-order valence-electron chi connectivity index (χ2n) is 7.63. The Morgan fingerprint density at radius 1 is 1.34 bits per heavy atom. The Morgan fingerprint density at radius 2 is 2.10 bits per heavy atom. The van der Waals surface area contributed by atoms with Crippen molar-refractivity contribution in [1.82, 2.24) is 15.5 Å². The number of likely N-dealkylation sites (tertiary alicyclic amines) is 1. The van der Waals surface area contributed by atoms with Gasteiger partial charge in [-0.2, -0.15) is 0 Å². The zero-order valence-electron chi connectivity index (χ0n) is 17.2. The van der Waals surface area contributed by atoms with Gasteiger partial charge in [0.25, 0.3) is 0 Å². The SMILES string of the molecule is CN=C(NCC(OC)c1cccc(Cl)c1)NC1CCN(C(=O)C2CCCC2)C1.I. The Kier molecular flexibility index (Phi) is 9.98. The van der Waals surface area contributed by atoms with Crippen molar-refractivity contribution in [3.63, 3.8) is 0 Å². The molecule has 1 saturated heterocycles. The number of methoxy groups -OCH3 is 1. The molecule has 1 saturated carbocycles. The molecule has 0 spiro atoms. The zero-order chi connectivity index (χ0) is 19.9. The Hall–Kier alpha value is -1.06. The number of guanidine groups is 1. The molecule has 162 valence electrons. The third-order valence-electron chi connectivity index (χ3n) is 5.73. The number of rotatable bonds is 6. The molecule has 0 aromatic heterocycles. The van der Waals surface area contributed by atoms with Crippen LogP contribution in [0.3, 0.4) is 0 Å². The Balaban J connectivity index is 0.00000300. The van der Waals surface area contributed by atoms with Crippen LogP contribution in [0, 0.1) is 5.92 Å². The maximum Gasteiger partial charge on any atom is 0.225 e. The van der Waals surface area contributed by atoms with E-state index in [4.69, 9.17) is 16.3 Å². The van der Waals surface area contributed by atoms with Crippen LogP contribution in [0.25, 0.3) is 0 Å². The van der Waals surface area contributed by atoms with Crippen LogP contribution in [-0.4, -0.2) is 56.6 Å². The highest BCUT2D eigenvalue weighted by Crippen LogP contribution is 2.28. The molecule has 2 N–H and O–H groups in total. The molecule has 1 aliphatic heterocycles. The van der Waals surface area contributed by atoms with E-state index in [0.717, 1.165) is 43.9 Å². The highest BCUT2D eigenvalue weighted by atomic mass is 127. The topological polar surface area (TPSA) is 66.0 Å². The number of ether oxygens (including phenoxy) is 1. The summed E-state index contributed by atoms with van der Waals surface area (Å²) in [5.74, 6) is 1.31. The molecular formula is C21H32ClIN4O2. The molecule has 1 heterocycles. The average Bonchev–Trinajstić information content (AvgIpc) is 3.39. The summed E-state index contributed by atoms with van der Waals surface area (Å²) in [7, 11) is 3.44. The third kappa shape index (κ3) is 6.72. The summed E-state index contributed by atoms with van der Waals surface area (Å²) < 4.78 is 5.60. The van der Waals surface area contributed by atoms with E-state index in [9.17, 15) is 4.79 Å². The van der Waals surface area contributed by atoms with Gasteiger partial charge in [-0.05, 0) is 37.0 Å². The Morgan fingerprint density at radius 3 is 2.76 bits per heavy atom. The lowest BCUT2D eigenvalue weighted by Crippen LogP contribution is -2.46. The molecule has 2 unspecified atom stereocenters. The average molecular weight is 535 g/mol.